The minimum absolute atomic E-state index is 0.691. The van der Waals surface area contributed by atoms with E-state index < -0.39 is 72.9 Å². The van der Waals surface area contributed by atoms with Crippen molar-refractivity contribution in [3.63, 3.8) is 0 Å². The summed E-state index contributed by atoms with van der Waals surface area (Å²) in [7, 11) is 0. The molecule has 0 spiro atoms. The number of carboxylic acids is 1. The third kappa shape index (κ3) is 8.44. The number of carboxylic acid groups (broad SMARTS) is 1. The number of nitrogens with one attached hydrogen (secondary N) is 3. The Balaban J connectivity index is 5.31. The summed E-state index contributed by atoms with van der Waals surface area (Å²) in [4.78, 5) is 58.1. The number of hydrogen-bond donors (Lipinski definition) is 8. The van der Waals surface area contributed by atoms with E-state index >= 15 is 0 Å². The van der Waals surface area contributed by atoms with Crippen LogP contribution < -0.4 is 27.4 Å². The largest absolute Gasteiger partial charge is 0.480 e. The number of aliphatic carboxylic acids is 1. The highest BCUT2D eigenvalue weighted by atomic mass is 16.4. The summed E-state index contributed by atoms with van der Waals surface area (Å²) in [5, 5.41) is 33.7. The Kier molecular flexibility index (Phi) is 9.92. The number of primary amides is 1. The average molecular weight is 391 g/mol. The molecule has 0 aromatic heterocycles. The molecule has 0 rings (SSSR count). The Labute approximate surface area is 154 Å². The fourth-order valence-corrected chi connectivity index (χ4v) is 1.82. The Morgan fingerprint density at radius 1 is 0.926 bits per heavy atom. The SMILES string of the molecule is CC(N)C(=O)NC(C(=O)NC(CC(N)=O)C(=O)NC(CO)C(=O)O)C(C)O. The lowest BCUT2D eigenvalue weighted by Crippen LogP contribution is -2.60. The molecule has 27 heavy (non-hydrogen) atoms. The molecule has 0 saturated carbocycles. The number of carbonyl (C=O) groups excluding carboxylic acids is 4. The molecule has 0 aromatic rings. The van der Waals surface area contributed by atoms with Gasteiger partial charge in [-0.3, -0.25) is 19.2 Å². The summed E-state index contributed by atoms with van der Waals surface area (Å²) >= 11 is 0. The van der Waals surface area contributed by atoms with E-state index in [4.69, 9.17) is 21.7 Å². The maximum Gasteiger partial charge on any atom is 0.328 e. The van der Waals surface area contributed by atoms with E-state index in [0.29, 0.717) is 0 Å². The normalized spacial score (nSPS) is 16.2. The highest BCUT2D eigenvalue weighted by Gasteiger charge is 2.32. The van der Waals surface area contributed by atoms with Gasteiger partial charge in [-0.15, -0.1) is 0 Å². The van der Waals surface area contributed by atoms with Crippen LogP contribution in [0.5, 0.6) is 0 Å². The van der Waals surface area contributed by atoms with Crippen molar-refractivity contribution in [2.24, 2.45) is 11.5 Å². The molecule has 0 aromatic carbocycles. The molecule has 0 fully saturated rings. The lowest BCUT2D eigenvalue weighted by atomic mass is 10.1. The van der Waals surface area contributed by atoms with E-state index in [2.05, 4.69) is 10.6 Å². The van der Waals surface area contributed by atoms with Crippen molar-refractivity contribution >= 4 is 29.6 Å². The maximum atomic E-state index is 12.3. The first-order valence-corrected chi connectivity index (χ1v) is 7.87. The van der Waals surface area contributed by atoms with E-state index in [0.717, 1.165) is 0 Å². The third-order valence-electron chi connectivity index (χ3n) is 3.31. The van der Waals surface area contributed by atoms with Crippen LogP contribution in [0.15, 0.2) is 0 Å². The summed E-state index contributed by atoms with van der Waals surface area (Å²) in [6.45, 7) is 1.61. The topological polar surface area (TPSA) is 234 Å². The second-order valence-corrected chi connectivity index (χ2v) is 5.83. The Morgan fingerprint density at radius 2 is 1.44 bits per heavy atom. The van der Waals surface area contributed by atoms with Crippen LogP contribution in [-0.2, 0) is 24.0 Å². The minimum Gasteiger partial charge on any atom is -0.480 e. The number of hydrogen-bond acceptors (Lipinski definition) is 8. The van der Waals surface area contributed by atoms with E-state index in [-0.39, 0.29) is 0 Å². The van der Waals surface area contributed by atoms with Gasteiger partial charge in [-0.25, -0.2) is 4.79 Å². The molecule has 0 aliphatic rings. The first-order valence-electron chi connectivity index (χ1n) is 7.87. The van der Waals surface area contributed by atoms with E-state index in [1.54, 1.807) is 0 Å². The Morgan fingerprint density at radius 3 is 1.81 bits per heavy atom. The molecule has 13 nitrogen and oxygen atoms in total. The van der Waals surface area contributed by atoms with Gasteiger partial charge in [0, 0.05) is 0 Å². The second-order valence-electron chi connectivity index (χ2n) is 5.83. The first-order chi connectivity index (χ1) is 12.4. The van der Waals surface area contributed by atoms with Crippen molar-refractivity contribution in [1.82, 2.24) is 16.0 Å². The monoisotopic (exact) mass is 391 g/mol. The van der Waals surface area contributed by atoms with Gasteiger partial charge in [-0.05, 0) is 13.8 Å². The molecule has 0 aliphatic carbocycles. The second kappa shape index (κ2) is 11.1. The molecule has 0 radical (unpaired) electrons. The molecule has 0 saturated heterocycles. The highest BCUT2D eigenvalue weighted by Crippen LogP contribution is 2.00. The van der Waals surface area contributed by atoms with Crippen LogP contribution in [0, 0.1) is 0 Å². The van der Waals surface area contributed by atoms with Gasteiger partial charge in [-0.2, -0.15) is 0 Å². The van der Waals surface area contributed by atoms with Gasteiger partial charge in [-0.1, -0.05) is 0 Å². The number of aliphatic hydroxyl groups is 2. The summed E-state index contributed by atoms with van der Waals surface area (Å²) in [5.41, 5.74) is 10.4. The number of aliphatic hydroxyl groups excluding tert-OH is 2. The zero-order valence-electron chi connectivity index (χ0n) is 14.8. The van der Waals surface area contributed by atoms with Crippen molar-refractivity contribution in [1.29, 1.82) is 0 Å². The number of nitrogens with two attached hydrogens (primary N) is 2. The van der Waals surface area contributed by atoms with Crippen molar-refractivity contribution in [3.05, 3.63) is 0 Å². The van der Waals surface area contributed by atoms with E-state index in [1.165, 1.54) is 13.8 Å². The van der Waals surface area contributed by atoms with Crippen molar-refractivity contribution in [2.45, 2.75) is 50.5 Å². The molecule has 0 bridgehead atoms. The van der Waals surface area contributed by atoms with Crippen LogP contribution in [0.25, 0.3) is 0 Å². The molecule has 154 valence electrons. The average Bonchev–Trinajstić information content (AvgIpc) is 2.54. The fourth-order valence-electron chi connectivity index (χ4n) is 1.82. The molecule has 13 heteroatoms. The highest BCUT2D eigenvalue weighted by molar-refractivity contribution is 5.96. The van der Waals surface area contributed by atoms with E-state index in [1.807, 2.05) is 5.32 Å². The van der Waals surface area contributed by atoms with Crippen LogP contribution in [0.4, 0.5) is 0 Å². The number of amides is 4. The molecule has 5 unspecified atom stereocenters. The Hall–Kier alpha value is -2.77. The molecular formula is C14H25N5O8. The summed E-state index contributed by atoms with van der Waals surface area (Å²) in [6, 6.07) is -5.75. The zero-order chi connectivity index (χ0) is 21.3. The lowest BCUT2D eigenvalue weighted by molar-refractivity contribution is -0.143. The maximum absolute atomic E-state index is 12.3. The van der Waals surface area contributed by atoms with Gasteiger partial charge < -0.3 is 42.7 Å². The first kappa shape index (κ1) is 24.2. The van der Waals surface area contributed by atoms with Gasteiger partial charge in [0.25, 0.3) is 0 Å². The van der Waals surface area contributed by atoms with Crippen molar-refractivity contribution < 1.29 is 39.3 Å². The van der Waals surface area contributed by atoms with Gasteiger partial charge in [0.05, 0.1) is 25.2 Å². The Bertz CT molecular complexity index is 580. The van der Waals surface area contributed by atoms with E-state index in [9.17, 15) is 29.1 Å². The van der Waals surface area contributed by atoms with Crippen LogP contribution in [0.3, 0.4) is 0 Å². The van der Waals surface area contributed by atoms with Crippen molar-refractivity contribution in [3.8, 4) is 0 Å². The third-order valence-corrected chi connectivity index (χ3v) is 3.31. The van der Waals surface area contributed by atoms with Crippen LogP contribution in [0.1, 0.15) is 20.3 Å². The summed E-state index contributed by atoms with van der Waals surface area (Å²) in [6.07, 6.45) is -2.07. The predicted molar refractivity (Wildman–Crippen MR) is 89.7 cm³/mol. The molecule has 5 atom stereocenters. The summed E-state index contributed by atoms with van der Waals surface area (Å²) in [5.74, 6) is -5.42. The molecule has 0 heterocycles. The van der Waals surface area contributed by atoms with Crippen LogP contribution >= 0.6 is 0 Å². The van der Waals surface area contributed by atoms with Crippen LogP contribution in [0.2, 0.25) is 0 Å². The van der Waals surface area contributed by atoms with Gasteiger partial charge >= 0.3 is 5.97 Å². The fraction of sp³-hybridized carbons (Fsp3) is 0.643. The number of carbonyl (C=O) groups is 5. The van der Waals surface area contributed by atoms with Gasteiger partial charge in [0.2, 0.25) is 23.6 Å². The van der Waals surface area contributed by atoms with Crippen LogP contribution in [-0.4, -0.2) is 81.8 Å². The minimum atomic E-state index is -1.67. The van der Waals surface area contributed by atoms with Crippen molar-refractivity contribution in [2.75, 3.05) is 6.61 Å². The van der Waals surface area contributed by atoms with Gasteiger partial charge in [0.1, 0.15) is 18.1 Å². The molecular weight excluding hydrogens is 366 g/mol. The smallest absolute Gasteiger partial charge is 0.328 e. The number of rotatable bonds is 11. The summed E-state index contributed by atoms with van der Waals surface area (Å²) < 4.78 is 0. The predicted octanol–water partition coefficient (Wildman–Crippen LogP) is -4.88. The molecule has 10 N–H and O–H groups in total. The standard InChI is InChI=1S/C14H25N5O8/c1-5(15)11(23)19-10(6(2)21)13(25)17-7(3-9(16)22)12(24)18-8(4-20)14(26)27/h5-8,10,20-21H,3-4,15H2,1-2H3,(H2,16,22)(H,17,25)(H,18,24)(H,19,23)(H,26,27). The van der Waals surface area contributed by atoms with Gasteiger partial charge in [0.15, 0.2) is 0 Å². The quantitative estimate of drug-likeness (QED) is 0.168. The lowest BCUT2D eigenvalue weighted by Gasteiger charge is -2.25. The molecule has 0 aliphatic heterocycles. The molecule has 4 amide bonds. The zero-order valence-corrected chi connectivity index (χ0v) is 14.8.